The molecule has 78 valence electrons. The second-order valence-corrected chi connectivity index (χ2v) is 5.00. The van der Waals surface area contributed by atoms with Gasteiger partial charge in [0.05, 0.1) is 0 Å². The third kappa shape index (κ3) is 2.40. The number of azide groups is 1. The second kappa shape index (κ2) is 5.32. The van der Waals surface area contributed by atoms with Crippen molar-refractivity contribution in [3.05, 3.63) is 71.1 Å². The summed E-state index contributed by atoms with van der Waals surface area (Å²) >= 11 is 0. The first-order chi connectivity index (χ1) is 7.92. The van der Waals surface area contributed by atoms with Crippen LogP contribution in [0, 0.1) is 0 Å². The molecule has 0 unspecified atom stereocenters. The van der Waals surface area contributed by atoms with Crippen LogP contribution in [0.25, 0.3) is 10.4 Å². The van der Waals surface area contributed by atoms with Gasteiger partial charge in [-0.1, -0.05) is 65.5 Å². The van der Waals surface area contributed by atoms with Crippen LogP contribution in [0.3, 0.4) is 0 Å². The molecule has 4 heteroatoms. The van der Waals surface area contributed by atoms with Gasteiger partial charge >= 0.3 is 0 Å². The number of benzene rings is 2. The first-order valence-electron chi connectivity index (χ1n) is 4.87. The Bertz CT molecular complexity index is 453. The van der Waals surface area contributed by atoms with Crippen LogP contribution in [0.1, 0.15) is 0 Å². The van der Waals surface area contributed by atoms with Crippen molar-refractivity contribution < 1.29 is 0 Å². The molecule has 0 aliphatic heterocycles. The predicted molar refractivity (Wildman–Crippen MR) is 68.2 cm³/mol. The van der Waals surface area contributed by atoms with Crippen molar-refractivity contribution in [1.29, 1.82) is 0 Å². The van der Waals surface area contributed by atoms with Crippen molar-refractivity contribution >= 4 is 18.7 Å². The maximum atomic E-state index is 8.63. The van der Waals surface area contributed by atoms with Gasteiger partial charge in [0.15, 0.2) is 0 Å². The SMILES string of the molecule is [N-]=[N+]=NP(c1ccccc1)c1ccccc1. The fraction of sp³-hybridized carbons (Fsp3) is 0. The number of rotatable bonds is 3. The summed E-state index contributed by atoms with van der Waals surface area (Å²) in [6.07, 6.45) is 0. The van der Waals surface area contributed by atoms with E-state index >= 15 is 0 Å². The molecule has 2 rings (SSSR count). The lowest BCUT2D eigenvalue weighted by Gasteiger charge is -2.11. The fourth-order valence-corrected chi connectivity index (χ4v) is 2.92. The Morgan fingerprint density at radius 2 is 1.25 bits per heavy atom. The molecule has 3 nitrogen and oxygen atoms in total. The largest absolute Gasteiger partial charge is 0.0629 e. The summed E-state index contributed by atoms with van der Waals surface area (Å²) in [6.45, 7) is 0. The van der Waals surface area contributed by atoms with Crippen LogP contribution in [0.2, 0.25) is 0 Å². The zero-order valence-corrected chi connectivity index (χ0v) is 9.46. The zero-order valence-electron chi connectivity index (χ0n) is 8.56. The Hall–Kier alpha value is -1.82. The molecule has 2 aromatic rings. The third-order valence-electron chi connectivity index (χ3n) is 2.13. The Balaban J connectivity index is 2.43. The molecular formula is C12H10N3P. The minimum Gasteiger partial charge on any atom is -0.0629 e. The zero-order chi connectivity index (χ0) is 11.2. The highest BCUT2D eigenvalue weighted by Crippen LogP contribution is 2.34. The van der Waals surface area contributed by atoms with Gasteiger partial charge in [-0.15, -0.1) is 0 Å². The fourth-order valence-electron chi connectivity index (χ4n) is 1.43. The van der Waals surface area contributed by atoms with Gasteiger partial charge in [-0.2, -0.15) is 0 Å². The minimum absolute atomic E-state index is 0.943. The van der Waals surface area contributed by atoms with E-state index in [0.29, 0.717) is 0 Å². The summed E-state index contributed by atoms with van der Waals surface area (Å²) in [5.74, 6) is 0. The van der Waals surface area contributed by atoms with Crippen molar-refractivity contribution in [3.63, 3.8) is 0 Å². The van der Waals surface area contributed by atoms with Crippen LogP contribution in [-0.4, -0.2) is 0 Å². The minimum atomic E-state index is -0.943. The highest BCUT2D eigenvalue weighted by atomic mass is 31.1. The molecule has 0 aliphatic rings. The van der Waals surface area contributed by atoms with E-state index in [-0.39, 0.29) is 0 Å². The molecule has 0 aliphatic carbocycles. The van der Waals surface area contributed by atoms with Gasteiger partial charge in [0.2, 0.25) is 0 Å². The molecular weight excluding hydrogens is 217 g/mol. The molecule has 0 amide bonds. The molecule has 2 aromatic carbocycles. The van der Waals surface area contributed by atoms with Crippen molar-refractivity contribution in [3.8, 4) is 0 Å². The maximum absolute atomic E-state index is 8.63. The van der Waals surface area contributed by atoms with E-state index < -0.39 is 8.07 Å². The van der Waals surface area contributed by atoms with Crippen LogP contribution < -0.4 is 10.6 Å². The molecule has 0 aromatic heterocycles. The second-order valence-electron chi connectivity index (χ2n) is 3.16. The number of hydrogen-bond acceptors (Lipinski definition) is 1. The van der Waals surface area contributed by atoms with Crippen molar-refractivity contribution in [2.45, 2.75) is 0 Å². The Morgan fingerprint density at radius 3 is 1.62 bits per heavy atom. The molecule has 0 bridgehead atoms. The quantitative estimate of drug-likeness (QED) is 0.334. The molecule has 16 heavy (non-hydrogen) atoms. The maximum Gasteiger partial charge on any atom is 0.0487 e. The average molecular weight is 227 g/mol. The Morgan fingerprint density at radius 1 is 0.812 bits per heavy atom. The van der Waals surface area contributed by atoms with Crippen molar-refractivity contribution in [2.75, 3.05) is 0 Å². The van der Waals surface area contributed by atoms with Gasteiger partial charge in [-0.3, -0.25) is 0 Å². The van der Waals surface area contributed by atoms with Crippen molar-refractivity contribution in [1.82, 2.24) is 0 Å². The molecule has 0 saturated carbocycles. The van der Waals surface area contributed by atoms with Gasteiger partial charge in [-0.05, 0) is 16.1 Å². The van der Waals surface area contributed by atoms with Crippen LogP contribution in [0.5, 0.6) is 0 Å². The van der Waals surface area contributed by atoms with Crippen LogP contribution in [0.15, 0.2) is 65.5 Å². The highest BCUT2D eigenvalue weighted by Gasteiger charge is 2.10. The summed E-state index contributed by atoms with van der Waals surface area (Å²) < 4.78 is 0. The highest BCUT2D eigenvalue weighted by molar-refractivity contribution is 7.71. The molecule has 0 radical (unpaired) electrons. The summed E-state index contributed by atoms with van der Waals surface area (Å²) in [4.78, 5) is 6.85. The summed E-state index contributed by atoms with van der Waals surface area (Å²) in [7, 11) is -0.943. The number of hydrogen-bond donors (Lipinski definition) is 0. The van der Waals surface area contributed by atoms with Crippen LogP contribution in [-0.2, 0) is 0 Å². The smallest absolute Gasteiger partial charge is 0.0487 e. The Kier molecular flexibility index (Phi) is 3.55. The molecule has 0 N–H and O–H groups in total. The average Bonchev–Trinajstić information content (AvgIpc) is 2.38. The molecule has 0 spiro atoms. The van der Waals surface area contributed by atoms with E-state index in [1.165, 1.54) is 0 Å². The van der Waals surface area contributed by atoms with Crippen molar-refractivity contribution in [2.24, 2.45) is 4.88 Å². The molecule has 0 fully saturated rings. The summed E-state index contributed by atoms with van der Waals surface area (Å²) in [5.41, 5.74) is 8.63. The van der Waals surface area contributed by atoms with Gasteiger partial charge in [0.1, 0.15) is 0 Å². The van der Waals surface area contributed by atoms with Gasteiger partial charge in [-0.25, -0.2) is 0 Å². The standard InChI is InChI=1S/C12H10N3P/c13-14-15-16(11-7-3-1-4-8-11)12-9-5-2-6-10-12/h1-10H. The summed E-state index contributed by atoms with van der Waals surface area (Å²) in [5, 5.41) is 2.14. The van der Waals surface area contributed by atoms with E-state index in [9.17, 15) is 0 Å². The molecule has 0 saturated heterocycles. The van der Waals surface area contributed by atoms with E-state index in [1.54, 1.807) is 0 Å². The first kappa shape index (κ1) is 10.7. The lowest BCUT2D eigenvalue weighted by atomic mass is 10.4. The first-order valence-corrected chi connectivity index (χ1v) is 6.16. The van der Waals surface area contributed by atoms with Gasteiger partial charge < -0.3 is 0 Å². The van der Waals surface area contributed by atoms with E-state index in [2.05, 4.69) is 9.80 Å². The lowest BCUT2D eigenvalue weighted by molar-refractivity contribution is 1.70. The molecule has 0 heterocycles. The van der Waals surface area contributed by atoms with Gasteiger partial charge in [0, 0.05) is 13.0 Å². The van der Waals surface area contributed by atoms with E-state index in [4.69, 9.17) is 5.53 Å². The number of nitrogens with zero attached hydrogens (tertiary/aromatic N) is 3. The Labute approximate surface area is 95.2 Å². The van der Waals surface area contributed by atoms with E-state index in [0.717, 1.165) is 10.6 Å². The lowest BCUT2D eigenvalue weighted by Crippen LogP contribution is -2.08. The van der Waals surface area contributed by atoms with Crippen LogP contribution >= 0.6 is 8.07 Å². The predicted octanol–water partition coefficient (Wildman–Crippen LogP) is 3.34. The molecule has 0 atom stereocenters. The van der Waals surface area contributed by atoms with E-state index in [1.807, 2.05) is 60.7 Å². The normalized spacial score (nSPS) is 9.81. The van der Waals surface area contributed by atoms with Crippen LogP contribution in [0.4, 0.5) is 0 Å². The third-order valence-corrected chi connectivity index (χ3v) is 3.96. The summed E-state index contributed by atoms with van der Waals surface area (Å²) in [6, 6.07) is 19.7. The topological polar surface area (TPSA) is 48.8 Å². The van der Waals surface area contributed by atoms with Gasteiger partial charge in [0.25, 0.3) is 0 Å². The monoisotopic (exact) mass is 227 g/mol.